The fourth-order valence-electron chi connectivity index (χ4n) is 4.81. The third kappa shape index (κ3) is 16.3. The Morgan fingerprint density at radius 2 is 0.848 bits per heavy atom. The van der Waals surface area contributed by atoms with Gasteiger partial charge in [-0.3, -0.25) is 9.59 Å². The summed E-state index contributed by atoms with van der Waals surface area (Å²) in [6, 6.07) is 17.5. The van der Waals surface area contributed by atoms with E-state index in [1.807, 2.05) is 88.4 Å². The number of rotatable bonds is 21. The third-order valence-electron chi connectivity index (χ3n) is 7.57. The van der Waals surface area contributed by atoms with Crippen molar-refractivity contribution in [3.8, 4) is 0 Å². The Bertz CT molecular complexity index is 1070. The van der Waals surface area contributed by atoms with Gasteiger partial charge in [-0.25, -0.2) is 9.59 Å². The van der Waals surface area contributed by atoms with Crippen molar-refractivity contribution in [3.05, 3.63) is 71.8 Å². The summed E-state index contributed by atoms with van der Waals surface area (Å²) in [5.41, 5.74) is 1.77. The van der Waals surface area contributed by atoms with E-state index >= 15 is 0 Å². The van der Waals surface area contributed by atoms with E-state index in [0.717, 1.165) is 62.5 Å². The number of hydrogen-bond donors (Lipinski definition) is 4. The van der Waals surface area contributed by atoms with Crippen LogP contribution in [0.2, 0.25) is 0 Å². The lowest BCUT2D eigenvalue weighted by molar-refractivity contribution is -0.124. The maximum absolute atomic E-state index is 12.7. The Morgan fingerprint density at radius 1 is 0.522 bits per heavy atom. The molecular formula is C36H54N4O6. The molecule has 0 saturated heterocycles. The number of ether oxygens (including phenoxy) is 2. The molecule has 0 aliphatic carbocycles. The van der Waals surface area contributed by atoms with E-state index in [1.165, 1.54) is 0 Å². The lowest BCUT2D eigenvalue weighted by Crippen LogP contribution is -2.50. The Labute approximate surface area is 274 Å². The molecule has 0 fully saturated rings. The fraction of sp³-hybridized carbons (Fsp3) is 0.556. The van der Waals surface area contributed by atoms with Gasteiger partial charge >= 0.3 is 12.2 Å². The molecule has 0 aromatic heterocycles. The van der Waals surface area contributed by atoms with Gasteiger partial charge < -0.3 is 30.7 Å². The van der Waals surface area contributed by atoms with Crippen molar-refractivity contribution >= 4 is 24.0 Å². The summed E-state index contributed by atoms with van der Waals surface area (Å²) in [6.07, 6.45) is 7.01. The molecule has 0 spiro atoms. The Morgan fingerprint density at radius 3 is 1.17 bits per heavy atom. The van der Waals surface area contributed by atoms with Crippen LogP contribution in [-0.4, -0.2) is 49.2 Å². The van der Waals surface area contributed by atoms with E-state index in [4.69, 9.17) is 9.47 Å². The number of carbonyl (C=O) groups excluding carboxylic acids is 4. The highest BCUT2D eigenvalue weighted by Crippen LogP contribution is 2.10. The van der Waals surface area contributed by atoms with E-state index in [-0.39, 0.29) is 36.9 Å². The fourth-order valence-corrected chi connectivity index (χ4v) is 4.81. The van der Waals surface area contributed by atoms with Gasteiger partial charge in [0.2, 0.25) is 11.8 Å². The molecular weight excluding hydrogens is 584 g/mol. The smallest absolute Gasteiger partial charge is 0.408 e. The van der Waals surface area contributed by atoms with Crippen LogP contribution in [0.1, 0.15) is 90.2 Å². The molecule has 2 aromatic carbocycles. The van der Waals surface area contributed by atoms with Gasteiger partial charge in [-0.1, -0.05) is 127 Å². The number of alkyl carbamates (subject to hydrolysis) is 2. The first-order chi connectivity index (χ1) is 22.2. The molecule has 0 aliphatic rings. The molecule has 2 aromatic rings. The molecule has 0 saturated carbocycles. The van der Waals surface area contributed by atoms with Crippen molar-refractivity contribution in [2.45, 2.75) is 104 Å². The summed E-state index contributed by atoms with van der Waals surface area (Å²) in [4.78, 5) is 49.8. The van der Waals surface area contributed by atoms with Crippen LogP contribution in [0.25, 0.3) is 0 Å². The van der Waals surface area contributed by atoms with E-state index in [0.29, 0.717) is 13.1 Å². The van der Waals surface area contributed by atoms with Crippen LogP contribution in [0.4, 0.5) is 9.59 Å². The normalized spacial score (nSPS) is 12.2. The van der Waals surface area contributed by atoms with Gasteiger partial charge in [0.25, 0.3) is 0 Å². The largest absolute Gasteiger partial charge is 0.445 e. The number of amides is 4. The molecule has 10 heteroatoms. The summed E-state index contributed by atoms with van der Waals surface area (Å²) >= 11 is 0. The molecule has 10 nitrogen and oxygen atoms in total. The number of hydrogen-bond acceptors (Lipinski definition) is 6. The van der Waals surface area contributed by atoms with Gasteiger partial charge in [-0.15, -0.1) is 0 Å². The summed E-state index contributed by atoms with van der Waals surface area (Å²) in [5, 5.41) is 11.3. The second-order valence-corrected chi connectivity index (χ2v) is 12.3. The predicted molar refractivity (Wildman–Crippen MR) is 180 cm³/mol. The van der Waals surface area contributed by atoms with Crippen molar-refractivity contribution in [2.24, 2.45) is 11.8 Å². The third-order valence-corrected chi connectivity index (χ3v) is 7.57. The van der Waals surface area contributed by atoms with Crippen LogP contribution in [0.5, 0.6) is 0 Å². The minimum Gasteiger partial charge on any atom is -0.445 e. The summed E-state index contributed by atoms with van der Waals surface area (Å²) in [7, 11) is 0. The van der Waals surface area contributed by atoms with Crippen LogP contribution in [0.3, 0.4) is 0 Å². The lowest BCUT2D eigenvalue weighted by Gasteiger charge is -2.21. The molecule has 2 rings (SSSR count). The summed E-state index contributed by atoms with van der Waals surface area (Å²) in [6.45, 7) is 9.01. The van der Waals surface area contributed by atoms with Crippen molar-refractivity contribution in [2.75, 3.05) is 13.1 Å². The average Bonchev–Trinajstić information content (AvgIpc) is 3.05. The molecule has 4 N–H and O–H groups in total. The maximum Gasteiger partial charge on any atom is 0.408 e. The zero-order valence-electron chi connectivity index (χ0n) is 28.0. The SMILES string of the molecule is CC(C)[C@H](NC(=O)OCc1ccccc1)C(=O)NCCCCCCCCCCNC(=O)[C@@H](NC(=O)OCc1ccccc1)C(C)C. The van der Waals surface area contributed by atoms with Crippen molar-refractivity contribution in [1.29, 1.82) is 0 Å². The van der Waals surface area contributed by atoms with Gasteiger partial charge in [0.15, 0.2) is 0 Å². The first-order valence-corrected chi connectivity index (χ1v) is 16.7. The first kappa shape index (κ1) is 38.1. The van der Waals surface area contributed by atoms with Crippen LogP contribution in [-0.2, 0) is 32.3 Å². The average molecular weight is 639 g/mol. The minimum absolute atomic E-state index is 0.0696. The molecule has 0 heterocycles. The second-order valence-electron chi connectivity index (χ2n) is 12.3. The van der Waals surface area contributed by atoms with Gasteiger partial charge in [0.05, 0.1) is 0 Å². The lowest BCUT2D eigenvalue weighted by atomic mass is 10.0. The topological polar surface area (TPSA) is 135 Å². The summed E-state index contributed by atoms with van der Waals surface area (Å²) < 4.78 is 10.5. The number of nitrogens with one attached hydrogen (secondary N) is 4. The first-order valence-electron chi connectivity index (χ1n) is 16.7. The minimum atomic E-state index is -0.651. The zero-order chi connectivity index (χ0) is 33.6. The van der Waals surface area contributed by atoms with E-state index in [9.17, 15) is 19.2 Å². The van der Waals surface area contributed by atoms with Gasteiger partial charge in [0, 0.05) is 13.1 Å². The molecule has 0 bridgehead atoms. The van der Waals surface area contributed by atoms with E-state index in [2.05, 4.69) is 21.3 Å². The summed E-state index contributed by atoms with van der Waals surface area (Å²) in [5.74, 6) is -0.533. The van der Waals surface area contributed by atoms with Crippen molar-refractivity contribution in [1.82, 2.24) is 21.3 Å². The molecule has 2 atom stereocenters. The molecule has 46 heavy (non-hydrogen) atoms. The maximum atomic E-state index is 12.7. The number of unbranched alkanes of at least 4 members (excludes halogenated alkanes) is 7. The predicted octanol–water partition coefficient (Wildman–Crippen LogP) is 6.24. The highest BCUT2D eigenvalue weighted by molar-refractivity contribution is 5.86. The molecule has 0 radical (unpaired) electrons. The van der Waals surface area contributed by atoms with Gasteiger partial charge in [-0.05, 0) is 35.8 Å². The zero-order valence-corrected chi connectivity index (χ0v) is 28.0. The van der Waals surface area contributed by atoms with Gasteiger partial charge in [-0.2, -0.15) is 0 Å². The van der Waals surface area contributed by atoms with Gasteiger partial charge in [0.1, 0.15) is 25.3 Å². The second kappa shape index (κ2) is 22.4. The van der Waals surface area contributed by atoms with E-state index < -0.39 is 24.3 Å². The van der Waals surface area contributed by atoms with Crippen molar-refractivity contribution in [3.63, 3.8) is 0 Å². The quantitative estimate of drug-likeness (QED) is 0.120. The monoisotopic (exact) mass is 638 g/mol. The van der Waals surface area contributed by atoms with Crippen LogP contribution < -0.4 is 21.3 Å². The highest BCUT2D eigenvalue weighted by Gasteiger charge is 2.25. The Hall–Kier alpha value is -4.08. The Balaban J connectivity index is 1.49. The molecule has 4 amide bonds. The molecule has 0 unspecified atom stereocenters. The Kier molecular flexibility index (Phi) is 18.6. The van der Waals surface area contributed by atoms with Crippen LogP contribution >= 0.6 is 0 Å². The highest BCUT2D eigenvalue weighted by atomic mass is 16.6. The number of benzene rings is 2. The standard InChI is InChI=1S/C36H54N4O6/c1-27(2)31(39-35(43)45-25-29-19-13-11-14-20-29)33(41)37-23-17-9-7-5-6-8-10-18-24-38-34(42)32(28(3)4)40-36(44)46-26-30-21-15-12-16-22-30/h11-16,19-22,27-28,31-32H,5-10,17-18,23-26H2,1-4H3,(H,37,41)(H,38,42)(H,39,43)(H,40,44)/t31-,32-/m0/s1. The van der Waals surface area contributed by atoms with Crippen molar-refractivity contribution < 1.29 is 28.7 Å². The van der Waals surface area contributed by atoms with E-state index in [1.54, 1.807) is 0 Å². The van der Waals surface area contributed by atoms with Crippen LogP contribution in [0.15, 0.2) is 60.7 Å². The molecule has 0 aliphatic heterocycles. The number of carbonyl (C=O) groups is 4. The molecule has 254 valence electrons. The van der Waals surface area contributed by atoms with Crippen LogP contribution in [0, 0.1) is 11.8 Å².